The van der Waals surface area contributed by atoms with Crippen LogP contribution in [0.1, 0.15) is 20.8 Å². The van der Waals surface area contributed by atoms with Gasteiger partial charge in [0.05, 0.1) is 0 Å². The summed E-state index contributed by atoms with van der Waals surface area (Å²) >= 11 is 0. The fraction of sp³-hybridized carbons (Fsp3) is 0.875. The molecule has 0 amide bonds. The summed E-state index contributed by atoms with van der Waals surface area (Å²) in [7, 11) is 1.82. The molecule has 0 fully saturated rings. The molecule has 0 aromatic rings. The highest BCUT2D eigenvalue weighted by molar-refractivity contribution is 4.72. The van der Waals surface area contributed by atoms with Crippen LogP contribution in [-0.2, 0) is 0 Å². The van der Waals surface area contributed by atoms with Crippen LogP contribution >= 0.6 is 0 Å². The van der Waals surface area contributed by atoms with Crippen LogP contribution in [0.25, 0.3) is 0 Å². The van der Waals surface area contributed by atoms with Crippen molar-refractivity contribution < 1.29 is 0 Å². The van der Waals surface area contributed by atoms with Crippen molar-refractivity contribution in [2.45, 2.75) is 20.8 Å². The highest BCUT2D eigenvalue weighted by Gasteiger charge is 2.08. The van der Waals surface area contributed by atoms with Gasteiger partial charge in [-0.05, 0) is 11.8 Å². The van der Waals surface area contributed by atoms with Crippen LogP contribution in [0.4, 0.5) is 0 Å². The Bertz CT molecular complexity index is 124. The Morgan fingerprint density at radius 3 is 2.20 bits per heavy atom. The second-order valence-electron chi connectivity index (χ2n) is 3.20. The summed E-state index contributed by atoms with van der Waals surface area (Å²) < 4.78 is 0. The van der Waals surface area contributed by atoms with Gasteiger partial charge in [0.2, 0.25) is 0 Å². The molecule has 0 aromatic heterocycles. The lowest BCUT2D eigenvalue weighted by molar-refractivity contribution is 0.317. The van der Waals surface area contributed by atoms with Crippen molar-refractivity contribution in [1.29, 1.82) is 5.26 Å². The molecule has 0 saturated carbocycles. The van der Waals surface area contributed by atoms with Crippen molar-refractivity contribution in [2.24, 2.45) is 11.8 Å². The van der Waals surface area contributed by atoms with E-state index in [1.807, 2.05) is 7.05 Å². The Balaban J connectivity index is 3.59. The maximum absolute atomic E-state index is 8.44. The second-order valence-corrected chi connectivity index (χ2v) is 3.20. The summed E-state index contributed by atoms with van der Waals surface area (Å²) in [6.07, 6.45) is 2.08. The first-order valence-electron chi connectivity index (χ1n) is 3.68. The average molecular weight is 140 g/mol. The largest absolute Gasteiger partial charge is 0.313 e. The summed E-state index contributed by atoms with van der Waals surface area (Å²) in [6, 6.07) is 0. The van der Waals surface area contributed by atoms with E-state index in [0.717, 1.165) is 6.54 Å². The van der Waals surface area contributed by atoms with Gasteiger partial charge in [-0.25, -0.2) is 0 Å². The van der Waals surface area contributed by atoms with Crippen LogP contribution in [0.15, 0.2) is 0 Å². The van der Waals surface area contributed by atoms with Crippen molar-refractivity contribution in [3.63, 3.8) is 0 Å². The smallest absolute Gasteiger partial charge is 0.179 e. The lowest BCUT2D eigenvalue weighted by atomic mass is 9.98. The van der Waals surface area contributed by atoms with Crippen LogP contribution in [0.5, 0.6) is 0 Å². The summed E-state index contributed by atoms with van der Waals surface area (Å²) in [6.45, 7) is 7.39. The quantitative estimate of drug-likeness (QED) is 0.440. The van der Waals surface area contributed by atoms with E-state index in [-0.39, 0.29) is 0 Å². The SMILES string of the molecule is CC(C)C(C)CN(C)C#N. The van der Waals surface area contributed by atoms with Crippen molar-refractivity contribution >= 4 is 0 Å². The molecule has 0 aliphatic carbocycles. The van der Waals surface area contributed by atoms with Gasteiger partial charge in [0.25, 0.3) is 0 Å². The van der Waals surface area contributed by atoms with Gasteiger partial charge in [0, 0.05) is 13.6 Å². The molecule has 0 heterocycles. The van der Waals surface area contributed by atoms with E-state index in [9.17, 15) is 0 Å². The Morgan fingerprint density at radius 2 is 1.90 bits per heavy atom. The van der Waals surface area contributed by atoms with E-state index in [2.05, 4.69) is 27.0 Å². The molecule has 0 N–H and O–H groups in total. The first kappa shape index (κ1) is 9.29. The van der Waals surface area contributed by atoms with Gasteiger partial charge < -0.3 is 4.90 Å². The zero-order chi connectivity index (χ0) is 8.15. The molecule has 2 nitrogen and oxygen atoms in total. The standard InChI is InChI=1S/C8H16N2/c1-7(2)8(3)5-10(4)6-9/h7-8H,5H2,1-4H3. The van der Waals surface area contributed by atoms with Crippen molar-refractivity contribution in [1.82, 2.24) is 4.90 Å². The number of nitrogens with zero attached hydrogens (tertiary/aromatic N) is 2. The van der Waals surface area contributed by atoms with Crippen LogP contribution < -0.4 is 0 Å². The molecule has 1 atom stereocenters. The van der Waals surface area contributed by atoms with Crippen LogP contribution in [-0.4, -0.2) is 18.5 Å². The molecule has 0 radical (unpaired) electrons. The molecular formula is C8H16N2. The third-order valence-corrected chi connectivity index (χ3v) is 1.87. The van der Waals surface area contributed by atoms with Crippen LogP contribution in [0.2, 0.25) is 0 Å². The first-order valence-corrected chi connectivity index (χ1v) is 3.68. The maximum Gasteiger partial charge on any atom is 0.179 e. The van der Waals surface area contributed by atoms with Crippen LogP contribution in [0.3, 0.4) is 0 Å². The maximum atomic E-state index is 8.44. The van der Waals surface area contributed by atoms with Gasteiger partial charge in [-0.15, -0.1) is 0 Å². The van der Waals surface area contributed by atoms with Gasteiger partial charge in [-0.1, -0.05) is 20.8 Å². The topological polar surface area (TPSA) is 27.0 Å². The molecule has 0 saturated heterocycles. The van der Waals surface area contributed by atoms with Gasteiger partial charge >= 0.3 is 0 Å². The zero-order valence-corrected chi connectivity index (χ0v) is 7.26. The lowest BCUT2D eigenvalue weighted by Crippen LogP contribution is -2.22. The van der Waals surface area contributed by atoms with E-state index in [4.69, 9.17) is 5.26 Å². The van der Waals surface area contributed by atoms with Crippen molar-refractivity contribution in [3.05, 3.63) is 0 Å². The highest BCUT2D eigenvalue weighted by Crippen LogP contribution is 2.09. The Morgan fingerprint density at radius 1 is 1.40 bits per heavy atom. The molecule has 0 bridgehead atoms. The zero-order valence-electron chi connectivity index (χ0n) is 7.26. The number of nitriles is 1. The molecule has 1 unspecified atom stereocenters. The third kappa shape index (κ3) is 3.34. The molecule has 10 heavy (non-hydrogen) atoms. The summed E-state index contributed by atoms with van der Waals surface area (Å²) in [5, 5.41) is 8.44. The average Bonchev–Trinajstić information content (AvgIpc) is 1.87. The first-order chi connectivity index (χ1) is 4.57. The van der Waals surface area contributed by atoms with Gasteiger partial charge in [0.15, 0.2) is 6.19 Å². The van der Waals surface area contributed by atoms with E-state index in [1.54, 1.807) is 4.90 Å². The number of hydrogen-bond acceptors (Lipinski definition) is 2. The Labute approximate surface area is 63.4 Å². The number of hydrogen-bond donors (Lipinski definition) is 0. The normalized spacial score (nSPS) is 12.8. The van der Waals surface area contributed by atoms with Crippen molar-refractivity contribution in [3.8, 4) is 6.19 Å². The molecular weight excluding hydrogens is 124 g/mol. The van der Waals surface area contributed by atoms with Crippen LogP contribution in [0, 0.1) is 23.3 Å². The Hall–Kier alpha value is -0.710. The fourth-order valence-electron chi connectivity index (χ4n) is 0.684. The number of rotatable bonds is 3. The molecule has 0 aliphatic rings. The fourth-order valence-corrected chi connectivity index (χ4v) is 0.684. The minimum Gasteiger partial charge on any atom is -0.313 e. The Kier molecular flexibility index (Phi) is 3.87. The van der Waals surface area contributed by atoms with Gasteiger partial charge in [-0.2, -0.15) is 5.26 Å². The molecule has 0 aliphatic heterocycles. The van der Waals surface area contributed by atoms with Gasteiger partial charge in [0.1, 0.15) is 0 Å². The predicted molar refractivity (Wildman–Crippen MR) is 42.2 cm³/mol. The van der Waals surface area contributed by atoms with E-state index in [1.165, 1.54) is 0 Å². The molecule has 0 aromatic carbocycles. The lowest BCUT2D eigenvalue weighted by Gasteiger charge is -2.18. The second kappa shape index (κ2) is 4.16. The van der Waals surface area contributed by atoms with Crippen molar-refractivity contribution in [2.75, 3.05) is 13.6 Å². The summed E-state index contributed by atoms with van der Waals surface area (Å²) in [4.78, 5) is 1.67. The van der Waals surface area contributed by atoms with E-state index in [0.29, 0.717) is 11.8 Å². The summed E-state index contributed by atoms with van der Waals surface area (Å²) in [5.74, 6) is 1.26. The highest BCUT2D eigenvalue weighted by atomic mass is 15.1. The molecule has 2 heteroatoms. The minimum atomic E-state index is 0.602. The molecule has 0 rings (SSSR count). The molecule has 0 spiro atoms. The minimum absolute atomic E-state index is 0.602. The predicted octanol–water partition coefficient (Wildman–Crippen LogP) is 1.69. The van der Waals surface area contributed by atoms with E-state index < -0.39 is 0 Å². The van der Waals surface area contributed by atoms with Gasteiger partial charge in [-0.3, -0.25) is 0 Å². The third-order valence-electron chi connectivity index (χ3n) is 1.87. The molecule has 58 valence electrons. The van der Waals surface area contributed by atoms with E-state index >= 15 is 0 Å². The monoisotopic (exact) mass is 140 g/mol. The summed E-state index contributed by atoms with van der Waals surface area (Å²) in [5.41, 5.74) is 0.